The second-order valence-electron chi connectivity index (χ2n) is 14.8. The van der Waals surface area contributed by atoms with Gasteiger partial charge in [-0.15, -0.1) is 0 Å². The van der Waals surface area contributed by atoms with Crippen molar-refractivity contribution in [2.45, 2.75) is 5.41 Å². The van der Waals surface area contributed by atoms with Gasteiger partial charge in [0.15, 0.2) is 5.82 Å². The average molecular weight is 740 g/mol. The Morgan fingerprint density at radius 2 is 0.914 bits per heavy atom. The topological polar surface area (TPSA) is 58.8 Å². The molecule has 2 heterocycles. The summed E-state index contributed by atoms with van der Waals surface area (Å²) in [4.78, 5) is 10.6. The van der Waals surface area contributed by atoms with E-state index >= 15 is 0 Å². The largest absolute Gasteiger partial charge is 0.457 e. The van der Waals surface area contributed by atoms with E-state index < -0.39 is 5.41 Å². The van der Waals surface area contributed by atoms with Crippen LogP contribution in [-0.2, 0) is 5.41 Å². The van der Waals surface area contributed by atoms with E-state index in [9.17, 15) is 5.26 Å². The summed E-state index contributed by atoms with van der Waals surface area (Å²) in [7, 11) is 0. The predicted molar refractivity (Wildman–Crippen MR) is 231 cm³/mol. The highest BCUT2D eigenvalue weighted by molar-refractivity contribution is 5.97. The van der Waals surface area contributed by atoms with Crippen molar-refractivity contribution in [2.75, 3.05) is 0 Å². The van der Waals surface area contributed by atoms with Crippen LogP contribution in [0.1, 0.15) is 27.8 Å². The molecular weight excluding hydrogens is 707 g/mol. The Morgan fingerprint density at radius 1 is 0.397 bits per heavy atom. The standard InChI is InChI=1S/C54H33N3O/c55-34-35-22-24-38(25-23-35)42-16-11-19-47-52(42)43-32-41(30-31-44(43)54(47)45-17-7-9-20-50(45)58-51-21-10-8-18-46(51)54)53-56-48(39-14-5-2-6-15-39)33-49(57-53)40-28-26-37(27-29-40)36-12-3-1-4-13-36/h1-33H. The van der Waals surface area contributed by atoms with E-state index in [2.05, 4.69) is 158 Å². The number of fused-ring (bicyclic) bond motifs is 9. The van der Waals surface area contributed by atoms with Crippen LogP contribution in [0.4, 0.5) is 0 Å². The zero-order valence-electron chi connectivity index (χ0n) is 31.3. The molecule has 58 heavy (non-hydrogen) atoms. The third kappa shape index (κ3) is 5.22. The molecule has 0 radical (unpaired) electrons. The number of benzene rings is 8. The molecule has 270 valence electrons. The van der Waals surface area contributed by atoms with Crippen molar-refractivity contribution in [3.8, 4) is 84.9 Å². The van der Waals surface area contributed by atoms with Crippen LogP contribution in [0.25, 0.3) is 67.3 Å². The van der Waals surface area contributed by atoms with Gasteiger partial charge in [0, 0.05) is 27.8 Å². The molecule has 4 heteroatoms. The number of rotatable bonds is 5. The van der Waals surface area contributed by atoms with Gasteiger partial charge in [-0.25, -0.2) is 9.97 Å². The van der Waals surface area contributed by atoms with Gasteiger partial charge in [-0.2, -0.15) is 5.26 Å². The molecule has 0 amide bonds. The molecule has 9 aromatic rings. The van der Waals surface area contributed by atoms with E-state index in [4.69, 9.17) is 14.7 Å². The summed E-state index contributed by atoms with van der Waals surface area (Å²) in [6.07, 6.45) is 0. The molecule has 0 saturated heterocycles. The fraction of sp³-hybridized carbons (Fsp3) is 0.0185. The van der Waals surface area contributed by atoms with Gasteiger partial charge in [0.05, 0.1) is 28.4 Å². The molecule has 0 N–H and O–H groups in total. The number of hydrogen-bond acceptors (Lipinski definition) is 4. The zero-order chi connectivity index (χ0) is 38.6. The highest BCUT2D eigenvalue weighted by atomic mass is 16.5. The van der Waals surface area contributed by atoms with E-state index in [1.165, 1.54) is 16.7 Å². The molecule has 1 aromatic heterocycles. The van der Waals surface area contributed by atoms with Gasteiger partial charge < -0.3 is 4.74 Å². The smallest absolute Gasteiger partial charge is 0.160 e. The molecule has 1 spiro atoms. The summed E-state index contributed by atoms with van der Waals surface area (Å²) < 4.78 is 6.62. The second kappa shape index (κ2) is 13.4. The van der Waals surface area contributed by atoms with Crippen molar-refractivity contribution in [1.29, 1.82) is 5.26 Å². The van der Waals surface area contributed by atoms with Crippen LogP contribution < -0.4 is 4.74 Å². The van der Waals surface area contributed by atoms with Crippen molar-refractivity contribution in [3.63, 3.8) is 0 Å². The number of nitrogens with zero attached hydrogens (tertiary/aromatic N) is 3. The van der Waals surface area contributed by atoms with E-state index in [0.29, 0.717) is 11.4 Å². The Hall–Kier alpha value is -7.87. The molecule has 4 nitrogen and oxygen atoms in total. The summed E-state index contributed by atoms with van der Waals surface area (Å²) in [6.45, 7) is 0. The van der Waals surface area contributed by atoms with Crippen LogP contribution in [0.15, 0.2) is 200 Å². The van der Waals surface area contributed by atoms with Crippen LogP contribution >= 0.6 is 0 Å². The molecule has 0 unspecified atom stereocenters. The monoisotopic (exact) mass is 739 g/mol. The average Bonchev–Trinajstić information content (AvgIpc) is 3.59. The normalized spacial score (nSPS) is 12.7. The Labute approximate surface area is 337 Å². The fourth-order valence-electron chi connectivity index (χ4n) is 9.00. The van der Waals surface area contributed by atoms with Gasteiger partial charge in [-0.1, -0.05) is 164 Å². The molecule has 1 aliphatic heterocycles. The van der Waals surface area contributed by atoms with Gasteiger partial charge >= 0.3 is 0 Å². The van der Waals surface area contributed by atoms with Gasteiger partial charge in [-0.05, 0) is 80.9 Å². The Morgan fingerprint density at radius 3 is 1.57 bits per heavy atom. The first-order chi connectivity index (χ1) is 28.7. The lowest BCUT2D eigenvalue weighted by atomic mass is 9.66. The summed E-state index contributed by atoms with van der Waals surface area (Å²) in [6, 6.07) is 71.8. The van der Waals surface area contributed by atoms with Gasteiger partial charge in [0.2, 0.25) is 0 Å². The van der Waals surface area contributed by atoms with Gasteiger partial charge in [0.25, 0.3) is 0 Å². The first kappa shape index (κ1) is 33.5. The van der Waals surface area contributed by atoms with E-state index in [1.807, 2.05) is 48.5 Å². The highest BCUT2D eigenvalue weighted by Crippen LogP contribution is 2.63. The zero-order valence-corrected chi connectivity index (χ0v) is 31.3. The minimum absolute atomic E-state index is 0.628. The van der Waals surface area contributed by atoms with Crippen LogP contribution in [0, 0.1) is 11.3 Å². The number of para-hydroxylation sites is 2. The number of aromatic nitrogens is 2. The van der Waals surface area contributed by atoms with Crippen molar-refractivity contribution in [1.82, 2.24) is 9.97 Å². The number of ether oxygens (including phenoxy) is 1. The van der Waals surface area contributed by atoms with E-state index in [0.717, 1.165) is 78.5 Å². The van der Waals surface area contributed by atoms with Crippen LogP contribution in [0.2, 0.25) is 0 Å². The summed E-state index contributed by atoms with van der Waals surface area (Å²) in [5.41, 5.74) is 15.9. The third-order valence-corrected chi connectivity index (χ3v) is 11.6. The maximum atomic E-state index is 9.65. The minimum Gasteiger partial charge on any atom is -0.457 e. The van der Waals surface area contributed by atoms with Crippen LogP contribution in [-0.4, -0.2) is 9.97 Å². The minimum atomic E-state index is -0.643. The maximum absolute atomic E-state index is 9.65. The van der Waals surface area contributed by atoms with Crippen molar-refractivity contribution < 1.29 is 4.74 Å². The Balaban J connectivity index is 1.15. The molecule has 1 aliphatic carbocycles. The van der Waals surface area contributed by atoms with Crippen molar-refractivity contribution >= 4 is 0 Å². The predicted octanol–water partition coefficient (Wildman–Crippen LogP) is 13.2. The lowest BCUT2D eigenvalue weighted by Crippen LogP contribution is -2.32. The molecule has 2 aliphatic rings. The third-order valence-electron chi connectivity index (χ3n) is 11.6. The molecule has 0 bridgehead atoms. The Kier molecular flexibility index (Phi) is 7.74. The molecule has 0 saturated carbocycles. The second-order valence-corrected chi connectivity index (χ2v) is 14.8. The highest BCUT2D eigenvalue weighted by Gasteiger charge is 2.51. The van der Waals surface area contributed by atoms with E-state index in [1.54, 1.807) is 0 Å². The lowest BCUT2D eigenvalue weighted by Gasteiger charge is -2.39. The fourth-order valence-corrected chi connectivity index (χ4v) is 9.00. The van der Waals surface area contributed by atoms with Crippen molar-refractivity contribution in [3.05, 3.63) is 228 Å². The number of hydrogen-bond donors (Lipinski definition) is 0. The molecule has 0 atom stereocenters. The Bertz CT molecular complexity index is 3030. The summed E-state index contributed by atoms with van der Waals surface area (Å²) in [5, 5.41) is 9.65. The molecule has 11 rings (SSSR count). The molecule has 8 aromatic carbocycles. The van der Waals surface area contributed by atoms with Gasteiger partial charge in [-0.3, -0.25) is 0 Å². The van der Waals surface area contributed by atoms with Crippen LogP contribution in [0.5, 0.6) is 11.5 Å². The quantitative estimate of drug-likeness (QED) is 0.176. The van der Waals surface area contributed by atoms with Crippen LogP contribution in [0.3, 0.4) is 0 Å². The SMILES string of the molecule is N#Cc1ccc(-c2cccc3c2-c2cc(-c4nc(-c5ccccc5)cc(-c5ccc(-c6ccccc6)cc5)n4)ccc2C32c3ccccc3Oc3ccccc32)cc1. The number of nitriles is 1. The molecular formula is C54H33N3O. The maximum Gasteiger partial charge on any atom is 0.160 e. The first-order valence-corrected chi connectivity index (χ1v) is 19.5. The first-order valence-electron chi connectivity index (χ1n) is 19.5. The molecule has 0 fully saturated rings. The van der Waals surface area contributed by atoms with Gasteiger partial charge in [0.1, 0.15) is 11.5 Å². The summed E-state index contributed by atoms with van der Waals surface area (Å²) in [5.74, 6) is 2.33. The lowest BCUT2D eigenvalue weighted by molar-refractivity contribution is 0.436. The van der Waals surface area contributed by atoms with Crippen molar-refractivity contribution in [2.24, 2.45) is 0 Å². The van der Waals surface area contributed by atoms with E-state index in [-0.39, 0.29) is 0 Å². The summed E-state index contributed by atoms with van der Waals surface area (Å²) >= 11 is 0.